The van der Waals surface area contributed by atoms with Crippen molar-refractivity contribution < 1.29 is 0 Å². The van der Waals surface area contributed by atoms with E-state index in [9.17, 15) is 10.5 Å². The van der Waals surface area contributed by atoms with Crippen LogP contribution in [0.4, 0.5) is 0 Å². The molecule has 0 fully saturated rings. The van der Waals surface area contributed by atoms with E-state index in [0.29, 0.717) is 11.1 Å². The number of nitriles is 2. The van der Waals surface area contributed by atoms with Crippen molar-refractivity contribution >= 4 is 50.6 Å². The average Bonchev–Trinajstić information content (AvgIpc) is 3.50. The minimum absolute atomic E-state index is 0.580. The first-order valence-corrected chi connectivity index (χ1v) is 18.0. The van der Waals surface area contributed by atoms with E-state index in [0.717, 1.165) is 33.0 Å². The molecule has 8 rings (SSSR count). The molecule has 3 nitrogen and oxygen atoms in total. The fraction of sp³-hybridized carbons (Fsp3) is 0. The topological polar surface area (TPSA) is 52.5 Å². The molecule has 8 aromatic rings. The van der Waals surface area contributed by atoms with Crippen molar-refractivity contribution in [2.45, 2.75) is 0 Å². The highest BCUT2D eigenvalue weighted by molar-refractivity contribution is 7.20. The van der Waals surface area contributed by atoms with Gasteiger partial charge in [-0.15, -0.1) is 0 Å². The van der Waals surface area contributed by atoms with Crippen LogP contribution in [0.15, 0.2) is 176 Å². The lowest BCUT2D eigenvalue weighted by Crippen LogP contribution is -2.75. The number of rotatable bonds is 6. The largest absolute Gasteiger partial charge is 0.309 e. The van der Waals surface area contributed by atoms with E-state index in [1.54, 1.807) is 0 Å². The predicted octanol–water partition coefficient (Wildman–Crippen LogP) is 7.57. The second-order valence-corrected chi connectivity index (χ2v) is 15.7. The van der Waals surface area contributed by atoms with Gasteiger partial charge >= 0.3 is 0 Å². The van der Waals surface area contributed by atoms with Crippen LogP contribution in [0.5, 0.6) is 0 Å². The van der Waals surface area contributed by atoms with Crippen LogP contribution in [0, 0.1) is 22.7 Å². The maximum atomic E-state index is 10.6. The normalized spacial score (nSPS) is 11.3. The van der Waals surface area contributed by atoms with Gasteiger partial charge in [0, 0.05) is 16.5 Å². The summed E-state index contributed by atoms with van der Waals surface area (Å²) in [6.45, 7) is 0. The van der Waals surface area contributed by atoms with Gasteiger partial charge in [-0.2, -0.15) is 10.5 Å². The van der Waals surface area contributed by atoms with Gasteiger partial charge in [-0.25, -0.2) is 0 Å². The lowest BCUT2D eigenvalue weighted by Gasteiger charge is -2.35. The summed E-state index contributed by atoms with van der Waals surface area (Å²) < 4.78 is 2.23. The van der Waals surface area contributed by atoms with Crippen molar-refractivity contribution in [3.8, 4) is 29.0 Å². The van der Waals surface area contributed by atoms with E-state index in [-0.39, 0.29) is 0 Å². The lowest BCUT2D eigenvalue weighted by molar-refractivity contribution is 1.18. The first-order valence-electron chi connectivity index (χ1n) is 16.0. The van der Waals surface area contributed by atoms with Crippen LogP contribution in [0.3, 0.4) is 0 Å². The number of nitrogens with zero attached hydrogens (tertiary/aromatic N) is 3. The lowest BCUT2D eigenvalue weighted by atomic mass is 9.98. The SMILES string of the molecule is N#Cc1cc(-n2c3ccccc3c3ccccc32)ccc1-c1ccc(C#N)c([Si](c2ccccc2)(c2ccccc2)c2ccccc2)c1. The number of hydrogen-bond acceptors (Lipinski definition) is 2. The Morgan fingerprint density at radius 2 is 0.917 bits per heavy atom. The van der Waals surface area contributed by atoms with Gasteiger partial charge in [0.2, 0.25) is 0 Å². The molecule has 0 spiro atoms. The van der Waals surface area contributed by atoms with Crippen LogP contribution in [-0.2, 0) is 0 Å². The molecule has 0 unspecified atom stereocenters. The summed E-state index contributed by atoms with van der Waals surface area (Å²) >= 11 is 0. The minimum Gasteiger partial charge on any atom is -0.309 e. The van der Waals surface area contributed by atoms with Gasteiger partial charge in [-0.3, -0.25) is 0 Å². The van der Waals surface area contributed by atoms with Crippen LogP contribution in [-0.4, -0.2) is 12.6 Å². The molecule has 0 bridgehead atoms. The Bertz CT molecular complexity index is 2370. The Kier molecular flexibility index (Phi) is 7.27. The third-order valence-corrected chi connectivity index (χ3v) is 14.3. The van der Waals surface area contributed by atoms with E-state index in [2.05, 4.69) is 156 Å². The molecule has 0 radical (unpaired) electrons. The van der Waals surface area contributed by atoms with Gasteiger partial charge in [0.15, 0.2) is 8.07 Å². The minimum atomic E-state index is -2.98. The zero-order chi connectivity index (χ0) is 32.5. The van der Waals surface area contributed by atoms with Gasteiger partial charge < -0.3 is 4.57 Å². The number of aromatic nitrogens is 1. The van der Waals surface area contributed by atoms with Crippen molar-refractivity contribution in [2.24, 2.45) is 0 Å². The van der Waals surface area contributed by atoms with E-state index in [1.807, 2.05) is 36.4 Å². The maximum Gasteiger partial charge on any atom is 0.180 e. The van der Waals surface area contributed by atoms with E-state index in [4.69, 9.17) is 0 Å². The summed E-state index contributed by atoms with van der Waals surface area (Å²) in [6.07, 6.45) is 0. The zero-order valence-corrected chi connectivity index (χ0v) is 27.1. The maximum absolute atomic E-state index is 10.6. The van der Waals surface area contributed by atoms with Crippen LogP contribution in [0.1, 0.15) is 11.1 Å². The average molecular weight is 628 g/mol. The molecule has 0 saturated carbocycles. The highest BCUT2D eigenvalue weighted by Gasteiger charge is 2.43. The number of para-hydroxylation sites is 2. The Labute approximate surface area is 280 Å². The first-order chi connectivity index (χ1) is 23.7. The van der Waals surface area contributed by atoms with Crippen molar-refractivity contribution in [3.63, 3.8) is 0 Å². The van der Waals surface area contributed by atoms with Crippen molar-refractivity contribution in [1.29, 1.82) is 10.5 Å². The molecule has 48 heavy (non-hydrogen) atoms. The van der Waals surface area contributed by atoms with E-state index < -0.39 is 8.07 Å². The van der Waals surface area contributed by atoms with Crippen molar-refractivity contribution in [2.75, 3.05) is 0 Å². The fourth-order valence-electron chi connectivity index (χ4n) is 7.37. The van der Waals surface area contributed by atoms with Crippen LogP contribution >= 0.6 is 0 Å². The molecule has 1 heterocycles. The summed E-state index contributed by atoms with van der Waals surface area (Å²) in [5.41, 5.74) is 6.10. The number of benzene rings is 7. The molecule has 0 saturated heterocycles. The first kappa shape index (κ1) is 29.0. The second kappa shape index (κ2) is 12.0. The summed E-state index contributed by atoms with van der Waals surface area (Å²) in [5, 5.41) is 28.1. The van der Waals surface area contributed by atoms with Crippen LogP contribution in [0.2, 0.25) is 0 Å². The molecule has 0 aliphatic heterocycles. The smallest absolute Gasteiger partial charge is 0.180 e. The summed E-state index contributed by atoms with van der Waals surface area (Å²) in [4.78, 5) is 0. The monoisotopic (exact) mass is 627 g/mol. The highest BCUT2D eigenvalue weighted by Crippen LogP contribution is 2.34. The van der Waals surface area contributed by atoms with Gasteiger partial charge in [-0.05, 0) is 62.2 Å². The molecule has 0 amide bonds. The standard InChI is InChI=1S/C44H29N3Si/c45-30-33-25-24-32(29-44(33)48(36-14-4-1-5-15-36,37-16-6-2-7-17-37)38-18-8-3-9-19-38)39-27-26-35(28-34(39)31-46)47-42-22-12-10-20-40(42)41-21-11-13-23-43(41)47/h1-29H. The Morgan fingerprint density at radius 3 is 1.42 bits per heavy atom. The molecular formula is C44H29N3Si. The highest BCUT2D eigenvalue weighted by atomic mass is 28.3. The molecule has 0 aliphatic rings. The molecule has 1 aromatic heterocycles. The second-order valence-electron chi connectivity index (χ2n) is 11.9. The van der Waals surface area contributed by atoms with E-state index in [1.165, 1.54) is 26.3 Å². The molecule has 7 aromatic carbocycles. The summed E-state index contributed by atoms with van der Waals surface area (Å²) in [5.74, 6) is 0. The number of fused-ring (bicyclic) bond motifs is 3. The van der Waals surface area contributed by atoms with Crippen LogP contribution < -0.4 is 20.7 Å². The fourth-order valence-corrected chi connectivity index (χ4v) is 12.3. The molecule has 224 valence electrons. The summed E-state index contributed by atoms with van der Waals surface area (Å²) in [7, 11) is -2.98. The Morgan fingerprint density at radius 1 is 0.438 bits per heavy atom. The van der Waals surface area contributed by atoms with Gasteiger partial charge in [0.1, 0.15) is 0 Å². The molecule has 0 atom stereocenters. The van der Waals surface area contributed by atoms with Gasteiger partial charge in [0.05, 0.1) is 34.3 Å². The molecular weight excluding hydrogens is 599 g/mol. The zero-order valence-electron chi connectivity index (χ0n) is 26.1. The summed E-state index contributed by atoms with van der Waals surface area (Å²) in [6, 6.07) is 65.9. The van der Waals surface area contributed by atoms with Gasteiger partial charge in [-0.1, -0.05) is 146 Å². The quantitative estimate of drug-likeness (QED) is 0.141. The van der Waals surface area contributed by atoms with Crippen LogP contribution in [0.25, 0.3) is 38.6 Å². The predicted molar refractivity (Wildman–Crippen MR) is 199 cm³/mol. The third kappa shape index (κ3) is 4.55. The van der Waals surface area contributed by atoms with Gasteiger partial charge in [0.25, 0.3) is 0 Å². The Balaban J connectivity index is 1.38. The molecule has 0 aliphatic carbocycles. The molecule has 0 N–H and O–H groups in total. The van der Waals surface area contributed by atoms with Crippen molar-refractivity contribution in [3.05, 3.63) is 187 Å². The third-order valence-electron chi connectivity index (χ3n) is 9.44. The number of hydrogen-bond donors (Lipinski definition) is 0. The molecule has 4 heteroatoms. The Hall–Kier alpha value is -6.46. The van der Waals surface area contributed by atoms with E-state index >= 15 is 0 Å². The van der Waals surface area contributed by atoms with Crippen molar-refractivity contribution in [1.82, 2.24) is 4.57 Å².